The molecule has 0 saturated carbocycles. The summed E-state index contributed by atoms with van der Waals surface area (Å²) >= 11 is 0. The number of nitrogens with one attached hydrogen (secondary N) is 2. The molecule has 0 aliphatic carbocycles. The molecular weight excluding hydrogens is 308 g/mol. The second-order valence-electron chi connectivity index (χ2n) is 4.73. The van der Waals surface area contributed by atoms with Gasteiger partial charge in [0.05, 0.1) is 11.5 Å². The SMILES string of the molecule is CCCCOc1ccc(S(=O)(=O)N[C@H](CC)C(=O)NO)cc1. The molecule has 0 heterocycles. The lowest BCUT2D eigenvalue weighted by atomic mass is 10.2. The van der Waals surface area contributed by atoms with Gasteiger partial charge in [0, 0.05) is 0 Å². The Kier molecular flexibility index (Phi) is 7.30. The van der Waals surface area contributed by atoms with Crippen molar-refractivity contribution in [2.45, 2.75) is 44.0 Å². The predicted molar refractivity (Wildman–Crippen MR) is 81.2 cm³/mol. The molecule has 1 amide bonds. The number of benzene rings is 1. The average Bonchev–Trinajstić information content (AvgIpc) is 2.52. The maximum absolute atomic E-state index is 12.2. The number of rotatable bonds is 9. The minimum absolute atomic E-state index is 0.0273. The lowest BCUT2D eigenvalue weighted by Gasteiger charge is -2.15. The van der Waals surface area contributed by atoms with Gasteiger partial charge < -0.3 is 4.74 Å². The lowest BCUT2D eigenvalue weighted by molar-refractivity contribution is -0.131. The molecule has 0 radical (unpaired) electrons. The van der Waals surface area contributed by atoms with Crippen molar-refractivity contribution in [1.82, 2.24) is 10.2 Å². The number of amides is 1. The first-order valence-corrected chi connectivity index (χ1v) is 8.62. The molecule has 0 spiro atoms. The van der Waals surface area contributed by atoms with Crippen LogP contribution in [0.4, 0.5) is 0 Å². The van der Waals surface area contributed by atoms with Crippen molar-refractivity contribution < 1.29 is 23.2 Å². The summed E-state index contributed by atoms with van der Waals surface area (Å²) in [6.07, 6.45) is 2.15. The van der Waals surface area contributed by atoms with Crippen LogP contribution in [0.5, 0.6) is 5.75 Å². The standard InChI is InChI=1S/C14H22N2O5S/c1-3-5-10-21-11-6-8-12(9-7-11)22(19,20)16-13(4-2)14(17)15-18/h6-9,13,16,18H,3-5,10H2,1-2H3,(H,15,17)/t13-/m1/s1. The van der Waals surface area contributed by atoms with E-state index in [1.54, 1.807) is 19.1 Å². The summed E-state index contributed by atoms with van der Waals surface area (Å²) in [5, 5.41) is 8.59. The van der Waals surface area contributed by atoms with E-state index in [2.05, 4.69) is 11.6 Å². The largest absolute Gasteiger partial charge is 0.494 e. The van der Waals surface area contributed by atoms with Crippen molar-refractivity contribution in [2.75, 3.05) is 6.61 Å². The summed E-state index contributed by atoms with van der Waals surface area (Å²) in [5.41, 5.74) is 1.44. The topological polar surface area (TPSA) is 105 Å². The summed E-state index contributed by atoms with van der Waals surface area (Å²) in [6.45, 7) is 4.26. The van der Waals surface area contributed by atoms with Gasteiger partial charge >= 0.3 is 0 Å². The Morgan fingerprint density at radius 1 is 1.27 bits per heavy atom. The van der Waals surface area contributed by atoms with E-state index in [1.807, 2.05) is 0 Å². The first-order chi connectivity index (χ1) is 10.4. The zero-order chi connectivity index (χ0) is 16.6. The van der Waals surface area contributed by atoms with Crippen molar-refractivity contribution >= 4 is 15.9 Å². The summed E-state index contributed by atoms with van der Waals surface area (Å²) in [6, 6.07) is 4.92. The quantitative estimate of drug-likeness (QED) is 0.361. The minimum atomic E-state index is -3.85. The van der Waals surface area contributed by atoms with Crippen LogP contribution in [0.3, 0.4) is 0 Å². The Morgan fingerprint density at radius 2 is 1.91 bits per heavy atom. The van der Waals surface area contributed by atoms with Crippen LogP contribution in [0.25, 0.3) is 0 Å². The van der Waals surface area contributed by atoms with Crippen molar-refractivity contribution in [1.29, 1.82) is 0 Å². The third-order valence-electron chi connectivity index (χ3n) is 3.03. The molecule has 0 bridgehead atoms. The van der Waals surface area contributed by atoms with E-state index in [4.69, 9.17) is 9.94 Å². The van der Waals surface area contributed by atoms with E-state index in [-0.39, 0.29) is 11.3 Å². The number of ether oxygens (including phenoxy) is 1. The first-order valence-electron chi connectivity index (χ1n) is 7.13. The molecule has 22 heavy (non-hydrogen) atoms. The summed E-state index contributed by atoms with van der Waals surface area (Å²) in [7, 11) is -3.85. The van der Waals surface area contributed by atoms with Gasteiger partial charge in [-0.1, -0.05) is 20.3 Å². The molecule has 1 aromatic carbocycles. The second kappa shape index (κ2) is 8.72. The fourth-order valence-corrected chi connectivity index (χ4v) is 2.98. The van der Waals surface area contributed by atoms with Gasteiger partial charge in [0.2, 0.25) is 10.0 Å². The van der Waals surface area contributed by atoms with Gasteiger partial charge in [-0.2, -0.15) is 4.72 Å². The molecule has 7 nitrogen and oxygen atoms in total. The number of hydrogen-bond donors (Lipinski definition) is 3. The summed E-state index contributed by atoms with van der Waals surface area (Å²) in [4.78, 5) is 11.4. The number of carbonyl (C=O) groups excluding carboxylic acids is 1. The molecule has 0 aromatic heterocycles. The molecule has 0 unspecified atom stereocenters. The Morgan fingerprint density at radius 3 is 2.41 bits per heavy atom. The lowest BCUT2D eigenvalue weighted by Crippen LogP contribution is -2.45. The molecule has 1 rings (SSSR count). The number of hydrogen-bond acceptors (Lipinski definition) is 5. The number of sulfonamides is 1. The van der Waals surface area contributed by atoms with Gasteiger partial charge in [-0.3, -0.25) is 10.0 Å². The third-order valence-corrected chi connectivity index (χ3v) is 4.52. The molecule has 3 N–H and O–H groups in total. The molecule has 0 saturated heterocycles. The molecule has 124 valence electrons. The molecule has 0 fully saturated rings. The van der Waals surface area contributed by atoms with Crippen LogP contribution < -0.4 is 14.9 Å². The monoisotopic (exact) mass is 330 g/mol. The smallest absolute Gasteiger partial charge is 0.261 e. The van der Waals surface area contributed by atoms with Gasteiger partial charge in [0.15, 0.2) is 0 Å². The van der Waals surface area contributed by atoms with Crippen LogP contribution in [-0.2, 0) is 14.8 Å². The summed E-state index contributed by atoms with van der Waals surface area (Å²) < 4.78 is 32.1. The van der Waals surface area contributed by atoms with E-state index in [0.29, 0.717) is 12.4 Å². The van der Waals surface area contributed by atoms with E-state index >= 15 is 0 Å². The highest BCUT2D eigenvalue weighted by Gasteiger charge is 2.24. The fraction of sp³-hybridized carbons (Fsp3) is 0.500. The highest BCUT2D eigenvalue weighted by molar-refractivity contribution is 7.89. The van der Waals surface area contributed by atoms with Crippen LogP contribution in [0.2, 0.25) is 0 Å². The van der Waals surface area contributed by atoms with Crippen molar-refractivity contribution in [2.24, 2.45) is 0 Å². The van der Waals surface area contributed by atoms with Crippen LogP contribution >= 0.6 is 0 Å². The predicted octanol–water partition coefficient (Wildman–Crippen LogP) is 1.43. The number of unbranched alkanes of at least 4 members (excludes halogenated alkanes) is 1. The Hall–Kier alpha value is -1.64. The Balaban J connectivity index is 2.78. The molecule has 1 aromatic rings. The van der Waals surface area contributed by atoms with Crippen LogP contribution in [-0.4, -0.2) is 32.2 Å². The zero-order valence-electron chi connectivity index (χ0n) is 12.7. The van der Waals surface area contributed by atoms with Crippen LogP contribution in [0.15, 0.2) is 29.2 Å². The molecule has 0 aliphatic rings. The Bertz CT molecular complexity index is 571. The van der Waals surface area contributed by atoms with E-state index in [1.165, 1.54) is 17.6 Å². The van der Waals surface area contributed by atoms with Crippen LogP contribution in [0.1, 0.15) is 33.1 Å². The van der Waals surface area contributed by atoms with Gasteiger partial charge in [-0.25, -0.2) is 13.9 Å². The van der Waals surface area contributed by atoms with Gasteiger partial charge in [0.1, 0.15) is 11.8 Å². The van der Waals surface area contributed by atoms with Crippen molar-refractivity contribution in [3.63, 3.8) is 0 Å². The highest BCUT2D eigenvalue weighted by Crippen LogP contribution is 2.16. The second-order valence-corrected chi connectivity index (χ2v) is 6.45. The molecular formula is C14H22N2O5S. The Labute approximate surface area is 130 Å². The fourth-order valence-electron chi connectivity index (χ4n) is 1.70. The van der Waals surface area contributed by atoms with Gasteiger partial charge in [0.25, 0.3) is 5.91 Å². The number of carbonyl (C=O) groups is 1. The molecule has 8 heteroatoms. The maximum atomic E-state index is 12.2. The van der Waals surface area contributed by atoms with Gasteiger partial charge in [-0.05, 0) is 37.1 Å². The summed E-state index contributed by atoms with van der Waals surface area (Å²) in [5.74, 6) is -0.210. The molecule has 1 atom stereocenters. The number of hydroxylamine groups is 1. The normalized spacial score (nSPS) is 12.7. The van der Waals surface area contributed by atoms with E-state index < -0.39 is 22.0 Å². The average molecular weight is 330 g/mol. The van der Waals surface area contributed by atoms with E-state index in [0.717, 1.165) is 12.8 Å². The maximum Gasteiger partial charge on any atom is 0.261 e. The van der Waals surface area contributed by atoms with E-state index in [9.17, 15) is 13.2 Å². The van der Waals surface area contributed by atoms with Gasteiger partial charge in [-0.15, -0.1) is 0 Å². The van der Waals surface area contributed by atoms with Crippen LogP contribution in [0, 0.1) is 0 Å². The minimum Gasteiger partial charge on any atom is -0.494 e. The van der Waals surface area contributed by atoms with Crippen molar-refractivity contribution in [3.05, 3.63) is 24.3 Å². The molecule has 0 aliphatic heterocycles. The third kappa shape index (κ3) is 5.28. The highest BCUT2D eigenvalue weighted by atomic mass is 32.2. The first kappa shape index (κ1) is 18.4. The van der Waals surface area contributed by atoms with Crippen molar-refractivity contribution in [3.8, 4) is 5.75 Å². The zero-order valence-corrected chi connectivity index (χ0v) is 13.5.